The molecule has 0 atom stereocenters. The molecule has 9 nitrogen and oxygen atoms in total. The SMILES string of the molecule is Cc1nc2cc(-c3ccc(C(=O)NS(=O)(=O)c4ccc(NCCC5CCCCC5)c([N+](=O)[O-])c4)cc3)ccc2s1. The molecule has 40 heavy (non-hydrogen) atoms. The minimum atomic E-state index is -4.34. The predicted molar refractivity (Wildman–Crippen MR) is 157 cm³/mol. The standard InChI is InChI=1S/C29H30N4O5S2/c1-19-31-26-17-23(11-14-28(26)39-19)21-7-9-22(10-8-21)29(34)32-40(37,38)24-12-13-25(27(18-24)33(35)36)30-16-15-20-5-3-2-4-6-20/h7-14,17-18,20,30H,2-6,15-16H2,1H3,(H,32,34). The van der Waals surface area contributed by atoms with Crippen molar-refractivity contribution < 1.29 is 18.1 Å². The number of thiazole rings is 1. The Labute approximate surface area is 236 Å². The van der Waals surface area contributed by atoms with Gasteiger partial charge in [-0.3, -0.25) is 14.9 Å². The number of amides is 1. The molecule has 0 radical (unpaired) electrons. The van der Waals surface area contributed by atoms with Gasteiger partial charge in [-0.25, -0.2) is 18.1 Å². The number of rotatable bonds is 9. The highest BCUT2D eigenvalue weighted by Crippen LogP contribution is 2.30. The summed E-state index contributed by atoms with van der Waals surface area (Å²) in [5, 5.41) is 15.8. The summed E-state index contributed by atoms with van der Waals surface area (Å²) in [6, 6.07) is 16.1. The topological polar surface area (TPSA) is 131 Å². The van der Waals surface area contributed by atoms with Gasteiger partial charge in [-0.15, -0.1) is 11.3 Å². The maximum Gasteiger partial charge on any atom is 0.293 e. The van der Waals surface area contributed by atoms with Gasteiger partial charge < -0.3 is 5.32 Å². The Bertz CT molecular complexity index is 1660. The molecule has 1 fully saturated rings. The lowest BCUT2D eigenvalue weighted by molar-refractivity contribution is -0.384. The fourth-order valence-electron chi connectivity index (χ4n) is 5.14. The second kappa shape index (κ2) is 11.7. The molecule has 5 rings (SSSR count). The molecule has 1 aliphatic rings. The first-order valence-electron chi connectivity index (χ1n) is 13.3. The van der Waals surface area contributed by atoms with Crippen molar-refractivity contribution in [2.75, 3.05) is 11.9 Å². The second-order valence-electron chi connectivity index (χ2n) is 10.1. The number of nitro groups is 1. The normalized spacial score (nSPS) is 14.2. The van der Waals surface area contributed by atoms with Crippen LogP contribution in [0.2, 0.25) is 0 Å². The molecule has 0 spiro atoms. The first kappa shape index (κ1) is 27.7. The zero-order chi connectivity index (χ0) is 28.3. The van der Waals surface area contributed by atoms with Gasteiger partial charge in [0, 0.05) is 18.2 Å². The smallest absolute Gasteiger partial charge is 0.293 e. The summed E-state index contributed by atoms with van der Waals surface area (Å²) in [5.74, 6) is -0.218. The molecule has 1 saturated carbocycles. The average molecular weight is 579 g/mol. The fourth-order valence-corrected chi connectivity index (χ4v) is 6.94. The highest BCUT2D eigenvalue weighted by molar-refractivity contribution is 7.90. The molecule has 1 heterocycles. The van der Waals surface area contributed by atoms with E-state index in [4.69, 9.17) is 0 Å². The number of nitrogens with one attached hydrogen (secondary N) is 2. The van der Waals surface area contributed by atoms with Gasteiger partial charge in [-0.05, 0) is 66.8 Å². The largest absolute Gasteiger partial charge is 0.379 e. The Kier molecular flexibility index (Phi) is 8.13. The van der Waals surface area contributed by atoms with Crippen molar-refractivity contribution in [3.05, 3.63) is 81.3 Å². The number of carbonyl (C=O) groups is 1. The summed E-state index contributed by atoms with van der Waals surface area (Å²) in [6.45, 7) is 2.52. The Hall–Kier alpha value is -3.83. The van der Waals surface area contributed by atoms with E-state index >= 15 is 0 Å². The maximum absolute atomic E-state index is 13.0. The number of nitrogens with zero attached hydrogens (tertiary/aromatic N) is 2. The third-order valence-electron chi connectivity index (χ3n) is 7.27. The third kappa shape index (κ3) is 6.31. The van der Waals surface area contributed by atoms with Crippen LogP contribution in [0.4, 0.5) is 11.4 Å². The van der Waals surface area contributed by atoms with E-state index in [1.807, 2.05) is 29.8 Å². The van der Waals surface area contributed by atoms with Crippen LogP contribution in [0, 0.1) is 23.0 Å². The Morgan fingerprint density at radius 3 is 2.48 bits per heavy atom. The van der Waals surface area contributed by atoms with Gasteiger partial charge >= 0.3 is 0 Å². The van der Waals surface area contributed by atoms with Gasteiger partial charge in [0.1, 0.15) is 5.69 Å². The molecule has 208 valence electrons. The third-order valence-corrected chi connectivity index (χ3v) is 9.55. The molecule has 11 heteroatoms. The molecule has 0 saturated heterocycles. The van der Waals surface area contributed by atoms with E-state index in [1.165, 1.54) is 44.2 Å². The quantitative estimate of drug-likeness (QED) is 0.167. The number of nitro benzene ring substituents is 1. The number of carbonyl (C=O) groups excluding carboxylic acids is 1. The number of hydrogen-bond acceptors (Lipinski definition) is 8. The van der Waals surface area contributed by atoms with E-state index in [0.29, 0.717) is 12.5 Å². The summed E-state index contributed by atoms with van der Waals surface area (Å²) in [5.41, 5.74) is 2.73. The lowest BCUT2D eigenvalue weighted by Gasteiger charge is -2.21. The number of sulfonamides is 1. The van der Waals surface area contributed by atoms with Crippen molar-refractivity contribution in [1.29, 1.82) is 0 Å². The highest BCUT2D eigenvalue weighted by Gasteiger charge is 2.24. The highest BCUT2D eigenvalue weighted by atomic mass is 32.2. The van der Waals surface area contributed by atoms with Crippen LogP contribution in [0.1, 0.15) is 53.9 Å². The molecular weight excluding hydrogens is 548 g/mol. The van der Waals surface area contributed by atoms with E-state index < -0.39 is 20.9 Å². The average Bonchev–Trinajstić information content (AvgIpc) is 3.32. The molecule has 0 bridgehead atoms. The van der Waals surface area contributed by atoms with Crippen molar-refractivity contribution in [2.24, 2.45) is 5.92 Å². The van der Waals surface area contributed by atoms with E-state index in [2.05, 4.69) is 10.3 Å². The van der Waals surface area contributed by atoms with Crippen LogP contribution in [-0.4, -0.2) is 30.8 Å². The van der Waals surface area contributed by atoms with Gasteiger partial charge in [0.15, 0.2) is 0 Å². The summed E-state index contributed by atoms with van der Waals surface area (Å²) in [4.78, 5) is 28.0. The van der Waals surface area contributed by atoms with E-state index in [-0.39, 0.29) is 21.8 Å². The number of hydrogen-bond donors (Lipinski definition) is 2. The number of fused-ring (bicyclic) bond motifs is 1. The van der Waals surface area contributed by atoms with Crippen molar-refractivity contribution in [2.45, 2.75) is 50.3 Å². The maximum atomic E-state index is 13.0. The minimum Gasteiger partial charge on any atom is -0.379 e. The van der Waals surface area contributed by atoms with Crippen LogP contribution in [-0.2, 0) is 10.0 Å². The van der Waals surface area contributed by atoms with E-state index in [1.54, 1.807) is 35.6 Å². The predicted octanol–water partition coefficient (Wildman–Crippen LogP) is 6.68. The van der Waals surface area contributed by atoms with Crippen LogP contribution in [0.15, 0.2) is 65.6 Å². The van der Waals surface area contributed by atoms with Crippen molar-refractivity contribution in [3.63, 3.8) is 0 Å². The van der Waals surface area contributed by atoms with Crippen LogP contribution < -0.4 is 10.0 Å². The Balaban J connectivity index is 1.26. The van der Waals surface area contributed by atoms with E-state index in [0.717, 1.165) is 38.8 Å². The first-order valence-corrected chi connectivity index (χ1v) is 15.6. The molecule has 1 amide bonds. The lowest BCUT2D eigenvalue weighted by Crippen LogP contribution is -2.30. The number of anilines is 1. The zero-order valence-corrected chi connectivity index (χ0v) is 23.7. The summed E-state index contributed by atoms with van der Waals surface area (Å²) in [6.07, 6.45) is 6.95. The van der Waals surface area contributed by atoms with Gasteiger partial charge in [-0.1, -0.05) is 50.3 Å². The second-order valence-corrected chi connectivity index (χ2v) is 13.0. The molecule has 3 aromatic carbocycles. The molecule has 2 N–H and O–H groups in total. The number of aromatic nitrogens is 1. The van der Waals surface area contributed by atoms with Crippen molar-refractivity contribution in [1.82, 2.24) is 9.71 Å². The van der Waals surface area contributed by atoms with Gasteiger partial charge in [0.25, 0.3) is 21.6 Å². The van der Waals surface area contributed by atoms with Gasteiger partial charge in [0.2, 0.25) is 0 Å². The van der Waals surface area contributed by atoms with Crippen molar-refractivity contribution >= 4 is 48.9 Å². The molecule has 1 aromatic heterocycles. The Morgan fingerprint density at radius 2 is 1.75 bits per heavy atom. The molecular formula is C29H30N4O5S2. The summed E-state index contributed by atoms with van der Waals surface area (Å²) < 4.78 is 29.0. The van der Waals surface area contributed by atoms with Gasteiger partial charge in [-0.2, -0.15) is 0 Å². The van der Waals surface area contributed by atoms with Gasteiger partial charge in [0.05, 0.1) is 25.0 Å². The number of benzene rings is 3. The minimum absolute atomic E-state index is 0.147. The van der Waals surface area contributed by atoms with Crippen LogP contribution >= 0.6 is 11.3 Å². The lowest BCUT2D eigenvalue weighted by atomic mass is 9.87. The van der Waals surface area contributed by atoms with E-state index in [9.17, 15) is 23.3 Å². The number of aryl methyl sites for hydroxylation is 1. The first-order chi connectivity index (χ1) is 19.2. The molecule has 1 aliphatic carbocycles. The Morgan fingerprint density at radius 1 is 1.02 bits per heavy atom. The molecule has 4 aromatic rings. The molecule has 0 unspecified atom stereocenters. The monoisotopic (exact) mass is 578 g/mol. The fraction of sp³-hybridized carbons (Fsp3) is 0.310. The van der Waals surface area contributed by atoms with Crippen LogP contribution in [0.5, 0.6) is 0 Å². The molecule has 0 aliphatic heterocycles. The zero-order valence-electron chi connectivity index (χ0n) is 22.1. The van der Waals surface area contributed by atoms with Crippen LogP contribution in [0.25, 0.3) is 21.3 Å². The van der Waals surface area contributed by atoms with Crippen molar-refractivity contribution in [3.8, 4) is 11.1 Å². The van der Waals surface area contributed by atoms with Crippen LogP contribution in [0.3, 0.4) is 0 Å². The summed E-state index contributed by atoms with van der Waals surface area (Å²) in [7, 11) is -4.34. The summed E-state index contributed by atoms with van der Waals surface area (Å²) >= 11 is 1.62.